The Kier molecular flexibility index (Phi) is 11.5. The molecule has 0 unspecified atom stereocenters. The number of nitrogens with zero attached hydrogens (tertiary/aromatic N) is 5. The Balaban J connectivity index is 1.04. The summed E-state index contributed by atoms with van der Waals surface area (Å²) < 4.78 is 4.20. The molecule has 0 radical (unpaired) electrons. The van der Waals surface area contributed by atoms with E-state index in [1.807, 2.05) is 19.2 Å². The lowest BCUT2D eigenvalue weighted by Gasteiger charge is -2.26. The molecule has 326 valence electrons. The normalized spacial score (nSPS) is 11.1. The lowest BCUT2D eigenvalue weighted by Crippen LogP contribution is -2.15. The van der Waals surface area contributed by atoms with Crippen molar-refractivity contribution < 1.29 is 0 Å². The molecule has 11 aromatic rings. The molecule has 9 aromatic carbocycles. The zero-order valence-corrected chi connectivity index (χ0v) is 37.5. The Bertz CT molecular complexity index is 3180. The molecule has 2 heterocycles. The highest BCUT2D eigenvalue weighted by molar-refractivity contribution is 5.94. The molecule has 0 saturated heterocycles. The summed E-state index contributed by atoms with van der Waals surface area (Å²) in [5.41, 5.74) is 24.7. The minimum Gasteiger partial charge on any atom is -0.322 e. The van der Waals surface area contributed by atoms with Gasteiger partial charge in [-0.05, 0) is 83.9 Å². The van der Waals surface area contributed by atoms with E-state index in [2.05, 4.69) is 268 Å². The molecule has 0 aliphatic carbocycles. The molecule has 0 spiro atoms. The number of nitrogens with one attached hydrogen (secondary N) is 2. The zero-order valence-electron chi connectivity index (χ0n) is 37.5. The molecule has 11 rings (SSSR count). The van der Waals surface area contributed by atoms with E-state index in [0.29, 0.717) is 0 Å². The summed E-state index contributed by atoms with van der Waals surface area (Å²) in [4.78, 5) is 2.29. The molecule has 0 atom stereocenters. The smallest absolute Gasteiger partial charge is 0.101 e. The van der Waals surface area contributed by atoms with Gasteiger partial charge in [-0.1, -0.05) is 182 Å². The molecule has 7 nitrogen and oxygen atoms in total. The predicted molar refractivity (Wildman–Crippen MR) is 281 cm³/mol. The summed E-state index contributed by atoms with van der Waals surface area (Å²) in [7, 11) is 1.87. The Labute approximate surface area is 396 Å². The lowest BCUT2D eigenvalue weighted by molar-refractivity contribution is 0.891. The molecule has 7 heteroatoms. The lowest BCUT2D eigenvalue weighted by atomic mass is 9.96. The van der Waals surface area contributed by atoms with Crippen molar-refractivity contribution in [2.45, 2.75) is 0 Å². The van der Waals surface area contributed by atoms with Gasteiger partial charge in [0.1, 0.15) is 11.4 Å². The first-order valence-electron chi connectivity index (χ1n) is 22.8. The van der Waals surface area contributed by atoms with Gasteiger partial charge in [-0.3, -0.25) is 0 Å². The molecule has 0 aliphatic rings. The zero-order chi connectivity index (χ0) is 45.7. The van der Waals surface area contributed by atoms with Gasteiger partial charge in [0, 0.05) is 63.2 Å². The molecule has 2 aromatic heterocycles. The molecule has 0 saturated carbocycles. The minimum absolute atomic E-state index is 0.927. The molecule has 0 fully saturated rings. The van der Waals surface area contributed by atoms with E-state index < -0.39 is 0 Å². The topological polar surface area (TPSA) is 62.9 Å². The number of benzene rings is 9. The summed E-state index contributed by atoms with van der Waals surface area (Å²) in [6.45, 7) is 0. The van der Waals surface area contributed by atoms with Crippen LogP contribution in [0.1, 0.15) is 0 Å². The Morgan fingerprint density at radius 1 is 0.324 bits per heavy atom. The number of aromatic nitrogens is 4. The first kappa shape index (κ1) is 41.7. The fourth-order valence-corrected chi connectivity index (χ4v) is 9.06. The standard InChI is InChI=1S/C61H47N7/c1-62-63-50-32-34-51(35-33-50)66(52-36-40-54(41-37-52)67-60(48-28-16-6-17-29-48)56(44-20-8-2-9-21-44)58(64-67)46-24-12-4-13-25-46)53-38-42-55(43-39-53)68-61(49-30-18-7-19-31-49)57(45-22-10-3-11-23-45)59(65-68)47-26-14-5-15-27-47/h2-43,62-63H,1H3. The van der Waals surface area contributed by atoms with Crippen LogP contribution in [0.25, 0.3) is 78.7 Å². The summed E-state index contributed by atoms with van der Waals surface area (Å²) in [6, 6.07) is 89.1. The van der Waals surface area contributed by atoms with Crippen LogP contribution in [0.5, 0.6) is 0 Å². The van der Waals surface area contributed by atoms with Crippen molar-refractivity contribution in [3.8, 4) is 78.7 Å². The second-order valence-electron chi connectivity index (χ2n) is 16.5. The van der Waals surface area contributed by atoms with Crippen LogP contribution >= 0.6 is 0 Å². The van der Waals surface area contributed by atoms with Gasteiger partial charge in [-0.2, -0.15) is 10.2 Å². The minimum atomic E-state index is 0.927. The van der Waals surface area contributed by atoms with Crippen molar-refractivity contribution in [3.63, 3.8) is 0 Å². The fourth-order valence-electron chi connectivity index (χ4n) is 9.06. The summed E-state index contributed by atoms with van der Waals surface area (Å²) in [5, 5.41) is 10.8. The van der Waals surface area contributed by atoms with Gasteiger partial charge >= 0.3 is 0 Å². The van der Waals surface area contributed by atoms with Crippen LogP contribution in [0.15, 0.2) is 255 Å². The second-order valence-corrected chi connectivity index (χ2v) is 16.5. The van der Waals surface area contributed by atoms with Gasteiger partial charge in [-0.15, -0.1) is 0 Å². The van der Waals surface area contributed by atoms with E-state index in [1.54, 1.807) is 0 Å². The molecule has 0 aliphatic heterocycles. The third-order valence-electron chi connectivity index (χ3n) is 12.2. The maximum Gasteiger partial charge on any atom is 0.101 e. The summed E-state index contributed by atoms with van der Waals surface area (Å²) in [6.07, 6.45) is 0. The van der Waals surface area contributed by atoms with Crippen molar-refractivity contribution >= 4 is 22.7 Å². The van der Waals surface area contributed by atoms with Crippen LogP contribution in [0.4, 0.5) is 22.7 Å². The van der Waals surface area contributed by atoms with Gasteiger partial charge in [-0.25, -0.2) is 14.8 Å². The highest BCUT2D eigenvalue weighted by Crippen LogP contribution is 2.44. The second kappa shape index (κ2) is 18.8. The van der Waals surface area contributed by atoms with Gasteiger partial charge in [0.2, 0.25) is 0 Å². The maximum absolute atomic E-state index is 5.42. The van der Waals surface area contributed by atoms with Crippen LogP contribution < -0.4 is 15.8 Å². The van der Waals surface area contributed by atoms with E-state index in [1.165, 1.54) is 0 Å². The van der Waals surface area contributed by atoms with E-state index in [9.17, 15) is 0 Å². The summed E-state index contributed by atoms with van der Waals surface area (Å²) >= 11 is 0. The largest absolute Gasteiger partial charge is 0.322 e. The molecular formula is C61H47N7. The van der Waals surface area contributed by atoms with Gasteiger partial charge in [0.05, 0.1) is 22.8 Å². The van der Waals surface area contributed by atoms with Crippen molar-refractivity contribution in [2.24, 2.45) is 0 Å². The van der Waals surface area contributed by atoms with E-state index in [-0.39, 0.29) is 0 Å². The van der Waals surface area contributed by atoms with Crippen molar-refractivity contribution in [1.29, 1.82) is 0 Å². The molecule has 0 amide bonds. The quantitative estimate of drug-likeness (QED) is 0.113. The number of rotatable bonds is 13. The maximum atomic E-state index is 5.42. The molecule has 2 N–H and O–H groups in total. The van der Waals surface area contributed by atoms with Gasteiger partial charge in [0.25, 0.3) is 0 Å². The van der Waals surface area contributed by atoms with Crippen LogP contribution in [0.2, 0.25) is 0 Å². The summed E-state index contributed by atoms with van der Waals surface area (Å²) in [5.74, 6) is 0. The fraction of sp³-hybridized carbons (Fsp3) is 0.0164. The Hall–Kier alpha value is -9.04. The highest BCUT2D eigenvalue weighted by atomic mass is 15.3. The monoisotopic (exact) mass is 877 g/mol. The average Bonchev–Trinajstić information content (AvgIpc) is 4.02. The SMILES string of the molecule is CNNc1ccc(N(c2ccc(-n3nc(-c4ccccc4)c(-c4ccccc4)c3-c3ccccc3)cc2)c2ccc(-n3nc(-c4ccccc4)c(-c4ccccc4)c3-c3ccccc3)cc2)cc1. The third kappa shape index (κ3) is 8.15. The molecular weight excluding hydrogens is 831 g/mol. The number of hydrogen-bond acceptors (Lipinski definition) is 5. The van der Waals surface area contributed by atoms with Gasteiger partial charge in [0.15, 0.2) is 0 Å². The highest BCUT2D eigenvalue weighted by Gasteiger charge is 2.25. The van der Waals surface area contributed by atoms with Crippen LogP contribution in [-0.4, -0.2) is 26.6 Å². The third-order valence-corrected chi connectivity index (χ3v) is 12.2. The Morgan fingerprint density at radius 2 is 0.618 bits per heavy atom. The predicted octanol–water partition coefficient (Wildman–Crippen LogP) is 15.1. The first-order valence-corrected chi connectivity index (χ1v) is 22.8. The molecule has 0 bridgehead atoms. The van der Waals surface area contributed by atoms with Gasteiger partial charge < -0.3 is 10.3 Å². The van der Waals surface area contributed by atoms with E-state index in [0.717, 1.165) is 101 Å². The number of hydrogen-bond donors (Lipinski definition) is 2. The van der Waals surface area contributed by atoms with Crippen LogP contribution in [-0.2, 0) is 0 Å². The van der Waals surface area contributed by atoms with Crippen molar-refractivity contribution in [1.82, 2.24) is 25.0 Å². The number of anilines is 4. The number of hydrazine groups is 1. The van der Waals surface area contributed by atoms with E-state index >= 15 is 0 Å². The van der Waals surface area contributed by atoms with E-state index in [4.69, 9.17) is 10.2 Å². The molecule has 68 heavy (non-hydrogen) atoms. The van der Waals surface area contributed by atoms with Crippen molar-refractivity contribution in [2.75, 3.05) is 17.4 Å². The van der Waals surface area contributed by atoms with Crippen LogP contribution in [0.3, 0.4) is 0 Å². The average molecular weight is 878 g/mol. The first-order chi connectivity index (χ1) is 33.7. The van der Waals surface area contributed by atoms with Crippen LogP contribution in [0, 0.1) is 0 Å². The van der Waals surface area contributed by atoms with Crippen molar-refractivity contribution in [3.05, 3.63) is 255 Å². The Morgan fingerprint density at radius 3 is 0.941 bits per heavy atom.